The van der Waals surface area contributed by atoms with Crippen LogP contribution in [0.4, 0.5) is 11.4 Å². The lowest BCUT2D eigenvalue weighted by atomic mass is 9.95. The van der Waals surface area contributed by atoms with Crippen LogP contribution in [0.25, 0.3) is 0 Å². The average Bonchev–Trinajstić information content (AvgIpc) is 2.73. The molecule has 2 amide bonds. The Balaban J connectivity index is 1.76. The van der Waals surface area contributed by atoms with Crippen LogP contribution in [-0.4, -0.2) is 36.0 Å². The highest BCUT2D eigenvalue weighted by Crippen LogP contribution is 2.37. The maximum Gasteiger partial charge on any atom is 0.338 e. The van der Waals surface area contributed by atoms with Crippen molar-refractivity contribution in [2.24, 2.45) is 0 Å². The molecule has 0 spiro atoms. The van der Waals surface area contributed by atoms with Crippen molar-refractivity contribution < 1.29 is 23.9 Å². The van der Waals surface area contributed by atoms with Gasteiger partial charge in [0.1, 0.15) is 11.3 Å². The number of hydrogen-bond acceptors (Lipinski definition) is 5. The van der Waals surface area contributed by atoms with Crippen LogP contribution in [0.1, 0.15) is 44.5 Å². The molecule has 0 fully saturated rings. The fraction of sp³-hybridized carbons (Fsp3) is 0.348. The molecule has 1 atom stereocenters. The monoisotopic (exact) mass is 410 g/mol. The van der Waals surface area contributed by atoms with Gasteiger partial charge in [-0.15, -0.1) is 0 Å². The fourth-order valence-electron chi connectivity index (χ4n) is 3.21. The molecule has 1 aliphatic rings. The molecule has 1 heterocycles. The predicted molar refractivity (Wildman–Crippen MR) is 114 cm³/mol. The summed E-state index contributed by atoms with van der Waals surface area (Å²) in [5.41, 5.74) is 0.281. The van der Waals surface area contributed by atoms with E-state index in [2.05, 4.69) is 5.32 Å². The van der Waals surface area contributed by atoms with Crippen LogP contribution >= 0.6 is 0 Å². The molecule has 0 saturated carbocycles. The number of nitrogens with zero attached hydrogens (tertiary/aromatic N) is 1. The smallest absolute Gasteiger partial charge is 0.338 e. The summed E-state index contributed by atoms with van der Waals surface area (Å²) in [5.74, 6) is -0.741. The topological polar surface area (TPSA) is 84.9 Å². The second kappa shape index (κ2) is 8.57. The molecule has 0 unspecified atom stereocenters. The number of carbonyl (C=O) groups is 3. The lowest BCUT2D eigenvalue weighted by Crippen LogP contribution is -2.60. The molecule has 0 saturated heterocycles. The van der Waals surface area contributed by atoms with E-state index in [4.69, 9.17) is 9.47 Å². The highest BCUT2D eigenvalue weighted by atomic mass is 16.5. The lowest BCUT2D eigenvalue weighted by Gasteiger charge is -2.42. The zero-order valence-electron chi connectivity index (χ0n) is 17.6. The Morgan fingerprint density at radius 1 is 1.10 bits per heavy atom. The largest absolute Gasteiger partial charge is 0.494 e. The number of hydrogen-bond donors (Lipinski definition) is 1. The number of para-hydroxylation sites is 2. The van der Waals surface area contributed by atoms with Crippen LogP contribution in [0.5, 0.6) is 5.75 Å². The van der Waals surface area contributed by atoms with Crippen LogP contribution < -0.4 is 15.0 Å². The van der Waals surface area contributed by atoms with Gasteiger partial charge < -0.3 is 14.8 Å². The van der Waals surface area contributed by atoms with Crippen LogP contribution in [0, 0.1) is 0 Å². The summed E-state index contributed by atoms with van der Waals surface area (Å²) in [6.45, 7) is 7.41. The van der Waals surface area contributed by atoms with E-state index in [1.807, 2.05) is 6.92 Å². The minimum absolute atomic E-state index is 0.309. The van der Waals surface area contributed by atoms with Gasteiger partial charge in [-0.2, -0.15) is 0 Å². The highest BCUT2D eigenvalue weighted by molar-refractivity contribution is 6.15. The Morgan fingerprint density at radius 2 is 1.77 bits per heavy atom. The van der Waals surface area contributed by atoms with E-state index in [1.165, 1.54) is 11.8 Å². The van der Waals surface area contributed by atoms with Crippen molar-refractivity contribution >= 4 is 29.2 Å². The summed E-state index contributed by atoms with van der Waals surface area (Å²) in [6.07, 6.45) is -0.191. The molecule has 3 rings (SSSR count). The molecule has 0 radical (unpaired) electrons. The first-order valence-electron chi connectivity index (χ1n) is 9.94. The molecule has 1 N–H and O–H groups in total. The number of amides is 2. The molecule has 0 aliphatic carbocycles. The standard InChI is InChI=1S/C23H26N2O5/c1-5-14-29-17-12-10-16(11-13-17)21(27)30-15(2)20(26)25-19-9-7-6-8-18(19)24-22(28)23(25,3)4/h6-13,15H,5,14H2,1-4H3,(H,24,28)/t15-/m0/s1. The Labute approximate surface area is 176 Å². The maximum atomic E-state index is 13.2. The third-order valence-electron chi connectivity index (χ3n) is 4.92. The molecular weight excluding hydrogens is 384 g/mol. The predicted octanol–water partition coefficient (Wildman–Crippen LogP) is 3.78. The van der Waals surface area contributed by atoms with Crippen LogP contribution in [-0.2, 0) is 14.3 Å². The van der Waals surface area contributed by atoms with Gasteiger partial charge in [0.25, 0.3) is 5.91 Å². The van der Waals surface area contributed by atoms with Crippen molar-refractivity contribution in [3.05, 3.63) is 54.1 Å². The third kappa shape index (κ3) is 4.15. The third-order valence-corrected chi connectivity index (χ3v) is 4.92. The van der Waals surface area contributed by atoms with Gasteiger partial charge in [-0.25, -0.2) is 4.79 Å². The highest BCUT2D eigenvalue weighted by Gasteiger charge is 2.45. The second-order valence-corrected chi connectivity index (χ2v) is 7.62. The number of benzene rings is 2. The minimum atomic E-state index is -1.13. The number of esters is 1. The van der Waals surface area contributed by atoms with Gasteiger partial charge in [-0.05, 0) is 63.6 Å². The summed E-state index contributed by atoms with van der Waals surface area (Å²) in [4.78, 5) is 39.7. The maximum absolute atomic E-state index is 13.2. The molecule has 1 aliphatic heterocycles. The molecule has 158 valence electrons. The number of nitrogens with one attached hydrogen (secondary N) is 1. The number of fused-ring (bicyclic) bond motifs is 1. The quantitative estimate of drug-likeness (QED) is 0.733. The van der Waals surface area contributed by atoms with Gasteiger partial charge in [-0.1, -0.05) is 19.1 Å². The summed E-state index contributed by atoms with van der Waals surface area (Å²) in [7, 11) is 0. The van der Waals surface area contributed by atoms with Crippen LogP contribution in [0.3, 0.4) is 0 Å². The van der Waals surface area contributed by atoms with Gasteiger partial charge in [-0.3, -0.25) is 14.5 Å². The van der Waals surface area contributed by atoms with E-state index >= 15 is 0 Å². The van der Waals surface area contributed by atoms with Crippen molar-refractivity contribution in [3.63, 3.8) is 0 Å². The molecule has 7 nitrogen and oxygen atoms in total. The molecule has 2 aromatic rings. The molecule has 7 heteroatoms. The number of carbonyl (C=O) groups excluding carboxylic acids is 3. The van der Waals surface area contributed by atoms with Crippen molar-refractivity contribution in [1.29, 1.82) is 0 Å². The first-order valence-corrected chi connectivity index (χ1v) is 9.94. The van der Waals surface area contributed by atoms with E-state index in [0.717, 1.165) is 6.42 Å². The Kier molecular flexibility index (Phi) is 6.10. The molecule has 2 aromatic carbocycles. The molecule has 30 heavy (non-hydrogen) atoms. The van der Waals surface area contributed by atoms with Gasteiger partial charge in [0.2, 0.25) is 5.91 Å². The Morgan fingerprint density at radius 3 is 2.43 bits per heavy atom. The van der Waals surface area contributed by atoms with Crippen molar-refractivity contribution in [1.82, 2.24) is 0 Å². The van der Waals surface area contributed by atoms with Gasteiger partial charge >= 0.3 is 5.97 Å². The molecule has 0 bridgehead atoms. The number of ether oxygens (including phenoxy) is 2. The van der Waals surface area contributed by atoms with Crippen molar-refractivity contribution in [3.8, 4) is 5.75 Å². The van der Waals surface area contributed by atoms with E-state index in [0.29, 0.717) is 29.3 Å². The average molecular weight is 410 g/mol. The normalized spacial score (nSPS) is 15.6. The molecule has 0 aromatic heterocycles. The minimum Gasteiger partial charge on any atom is -0.494 e. The van der Waals surface area contributed by atoms with E-state index in [9.17, 15) is 14.4 Å². The van der Waals surface area contributed by atoms with Crippen LogP contribution in [0.15, 0.2) is 48.5 Å². The van der Waals surface area contributed by atoms with Crippen molar-refractivity contribution in [2.45, 2.75) is 45.8 Å². The summed E-state index contributed by atoms with van der Waals surface area (Å²) in [6, 6.07) is 13.6. The summed E-state index contributed by atoms with van der Waals surface area (Å²) in [5, 5.41) is 2.81. The van der Waals surface area contributed by atoms with Gasteiger partial charge in [0, 0.05) is 0 Å². The number of anilines is 2. The summed E-state index contributed by atoms with van der Waals surface area (Å²) >= 11 is 0. The Bertz CT molecular complexity index is 952. The zero-order chi connectivity index (χ0) is 21.9. The molecular formula is C23H26N2O5. The Hall–Kier alpha value is -3.35. The first kappa shape index (κ1) is 21.4. The van der Waals surface area contributed by atoms with Crippen LogP contribution in [0.2, 0.25) is 0 Å². The fourth-order valence-corrected chi connectivity index (χ4v) is 3.21. The van der Waals surface area contributed by atoms with E-state index in [-0.39, 0.29) is 5.91 Å². The second-order valence-electron chi connectivity index (χ2n) is 7.62. The van der Waals surface area contributed by atoms with E-state index < -0.39 is 23.5 Å². The first-order chi connectivity index (χ1) is 14.3. The zero-order valence-corrected chi connectivity index (χ0v) is 17.6. The van der Waals surface area contributed by atoms with Crippen molar-refractivity contribution in [2.75, 3.05) is 16.8 Å². The lowest BCUT2D eigenvalue weighted by molar-refractivity contribution is -0.131. The number of rotatable bonds is 6. The summed E-state index contributed by atoms with van der Waals surface area (Å²) < 4.78 is 10.9. The van der Waals surface area contributed by atoms with Gasteiger partial charge in [0.05, 0.1) is 23.5 Å². The SMILES string of the molecule is CCCOc1ccc(C(=O)O[C@@H](C)C(=O)N2c3ccccc3NC(=O)C2(C)C)cc1. The van der Waals surface area contributed by atoms with E-state index in [1.54, 1.807) is 62.4 Å². The van der Waals surface area contributed by atoms with Gasteiger partial charge in [0.15, 0.2) is 6.10 Å².